The molecule has 4 N–H and O–H groups in total. The van der Waals surface area contributed by atoms with E-state index in [2.05, 4.69) is 33.7 Å². The minimum absolute atomic E-state index is 0.491. The van der Waals surface area contributed by atoms with Crippen LogP contribution in [0.4, 0.5) is 17.3 Å². The van der Waals surface area contributed by atoms with Crippen molar-refractivity contribution in [2.45, 2.75) is 25.7 Å². The van der Waals surface area contributed by atoms with Gasteiger partial charge in [-0.15, -0.1) is 0 Å². The van der Waals surface area contributed by atoms with Gasteiger partial charge < -0.3 is 10.7 Å². The molecule has 1 aliphatic rings. The average Bonchev–Trinajstić information content (AvgIpc) is 3.25. The second-order valence-corrected chi connectivity index (χ2v) is 4.86. The summed E-state index contributed by atoms with van der Waals surface area (Å²) in [6.07, 6.45) is 2.33. The number of rotatable bonds is 4. The van der Waals surface area contributed by atoms with E-state index in [9.17, 15) is 0 Å². The summed E-state index contributed by atoms with van der Waals surface area (Å²) in [4.78, 5) is 8.95. The van der Waals surface area contributed by atoms with E-state index in [0.717, 1.165) is 30.2 Å². The summed E-state index contributed by atoms with van der Waals surface area (Å²) < 4.78 is 0. The van der Waals surface area contributed by atoms with Gasteiger partial charge in [0, 0.05) is 17.7 Å². The summed E-state index contributed by atoms with van der Waals surface area (Å²) in [5.74, 6) is 8.25. The highest BCUT2D eigenvalue weighted by Gasteiger charge is 2.27. The van der Waals surface area contributed by atoms with Crippen LogP contribution in [0.15, 0.2) is 30.3 Å². The highest BCUT2D eigenvalue weighted by atomic mass is 15.3. The van der Waals surface area contributed by atoms with E-state index in [1.54, 1.807) is 0 Å². The second-order valence-electron chi connectivity index (χ2n) is 4.86. The van der Waals surface area contributed by atoms with Crippen molar-refractivity contribution in [3.8, 4) is 0 Å². The van der Waals surface area contributed by atoms with Crippen LogP contribution in [0.1, 0.15) is 30.1 Å². The van der Waals surface area contributed by atoms with Gasteiger partial charge >= 0.3 is 0 Å². The number of hydrazine groups is 1. The molecule has 5 heteroatoms. The molecule has 98 valence electrons. The fourth-order valence-corrected chi connectivity index (χ4v) is 1.98. The van der Waals surface area contributed by atoms with Gasteiger partial charge in [-0.2, -0.15) is 0 Å². The van der Waals surface area contributed by atoms with Crippen LogP contribution >= 0.6 is 0 Å². The summed E-state index contributed by atoms with van der Waals surface area (Å²) in [5.41, 5.74) is 4.82. The molecule has 1 saturated carbocycles. The maximum atomic E-state index is 5.46. The number of aryl methyl sites for hydroxylation is 1. The van der Waals surface area contributed by atoms with Crippen LogP contribution in [-0.2, 0) is 0 Å². The van der Waals surface area contributed by atoms with Crippen LogP contribution in [0.3, 0.4) is 0 Å². The fourth-order valence-electron chi connectivity index (χ4n) is 1.98. The molecule has 0 saturated heterocycles. The smallest absolute Gasteiger partial charge is 0.145 e. The average molecular weight is 255 g/mol. The standard InChI is InChI=1S/C14H17N5/c1-9-4-2-3-5-11(9)16-12-8-13(19-15)18-14(17-12)10-6-7-10/h2-5,8,10H,6-7,15H2,1H3,(H2,16,17,18,19). The minimum atomic E-state index is 0.491. The Kier molecular flexibility index (Phi) is 3.05. The van der Waals surface area contributed by atoms with Crippen molar-refractivity contribution < 1.29 is 0 Å². The van der Waals surface area contributed by atoms with Crippen molar-refractivity contribution in [3.05, 3.63) is 41.7 Å². The number of nitrogen functional groups attached to an aromatic ring is 1. The fraction of sp³-hybridized carbons (Fsp3) is 0.286. The summed E-state index contributed by atoms with van der Waals surface area (Å²) in [7, 11) is 0. The van der Waals surface area contributed by atoms with Gasteiger partial charge in [-0.25, -0.2) is 15.8 Å². The molecule has 1 heterocycles. The van der Waals surface area contributed by atoms with E-state index in [1.165, 1.54) is 5.56 Å². The molecule has 0 radical (unpaired) electrons. The molecule has 0 unspecified atom stereocenters. The molecule has 0 aliphatic heterocycles. The number of benzene rings is 1. The van der Waals surface area contributed by atoms with E-state index in [1.807, 2.05) is 24.3 Å². The van der Waals surface area contributed by atoms with Gasteiger partial charge in [-0.1, -0.05) is 18.2 Å². The van der Waals surface area contributed by atoms with Crippen LogP contribution in [-0.4, -0.2) is 9.97 Å². The quantitative estimate of drug-likeness (QED) is 0.578. The minimum Gasteiger partial charge on any atom is -0.340 e. The molecule has 0 amide bonds. The number of nitrogens with one attached hydrogen (secondary N) is 2. The molecule has 3 rings (SSSR count). The lowest BCUT2D eigenvalue weighted by atomic mass is 10.2. The Labute approximate surface area is 112 Å². The third-order valence-corrected chi connectivity index (χ3v) is 3.24. The van der Waals surface area contributed by atoms with Crippen molar-refractivity contribution in [1.29, 1.82) is 0 Å². The molecule has 0 atom stereocenters. The molecule has 5 nitrogen and oxygen atoms in total. The van der Waals surface area contributed by atoms with Crippen molar-refractivity contribution in [1.82, 2.24) is 9.97 Å². The second kappa shape index (κ2) is 4.85. The first-order valence-electron chi connectivity index (χ1n) is 6.44. The van der Waals surface area contributed by atoms with Crippen molar-refractivity contribution in [2.75, 3.05) is 10.7 Å². The first-order valence-corrected chi connectivity index (χ1v) is 6.44. The third kappa shape index (κ3) is 2.66. The van der Waals surface area contributed by atoms with E-state index in [-0.39, 0.29) is 0 Å². The molecule has 2 aromatic rings. The Morgan fingerprint density at radius 2 is 1.89 bits per heavy atom. The summed E-state index contributed by atoms with van der Waals surface area (Å²) in [5, 5.41) is 3.32. The van der Waals surface area contributed by atoms with Gasteiger partial charge in [-0.05, 0) is 31.4 Å². The first kappa shape index (κ1) is 11.9. The summed E-state index contributed by atoms with van der Waals surface area (Å²) >= 11 is 0. The normalized spacial score (nSPS) is 14.2. The molecule has 0 spiro atoms. The Morgan fingerprint density at radius 3 is 2.58 bits per heavy atom. The highest BCUT2D eigenvalue weighted by molar-refractivity contribution is 5.62. The maximum Gasteiger partial charge on any atom is 0.145 e. The van der Waals surface area contributed by atoms with Gasteiger partial charge in [0.2, 0.25) is 0 Å². The lowest BCUT2D eigenvalue weighted by molar-refractivity contribution is 0.929. The molecule has 1 aliphatic carbocycles. The number of para-hydroxylation sites is 1. The lowest BCUT2D eigenvalue weighted by Crippen LogP contribution is -2.11. The number of hydrogen-bond donors (Lipinski definition) is 3. The Bertz CT molecular complexity index is 592. The van der Waals surface area contributed by atoms with Crippen molar-refractivity contribution in [2.24, 2.45) is 5.84 Å². The Morgan fingerprint density at radius 1 is 1.16 bits per heavy atom. The van der Waals surface area contributed by atoms with Crippen molar-refractivity contribution >= 4 is 17.3 Å². The molecule has 1 fully saturated rings. The zero-order valence-corrected chi connectivity index (χ0v) is 10.9. The van der Waals surface area contributed by atoms with Crippen LogP contribution in [0.5, 0.6) is 0 Å². The molecule has 1 aromatic heterocycles. The van der Waals surface area contributed by atoms with Gasteiger partial charge in [0.25, 0.3) is 0 Å². The number of anilines is 3. The molecular formula is C14H17N5. The molecule has 19 heavy (non-hydrogen) atoms. The van der Waals surface area contributed by atoms with Crippen LogP contribution in [0, 0.1) is 6.92 Å². The molecule has 1 aromatic carbocycles. The number of hydrogen-bond acceptors (Lipinski definition) is 5. The van der Waals surface area contributed by atoms with Gasteiger partial charge in [-0.3, -0.25) is 0 Å². The summed E-state index contributed by atoms with van der Waals surface area (Å²) in [6, 6.07) is 9.93. The zero-order valence-electron chi connectivity index (χ0n) is 10.9. The third-order valence-electron chi connectivity index (χ3n) is 3.24. The maximum absolute atomic E-state index is 5.46. The summed E-state index contributed by atoms with van der Waals surface area (Å²) in [6.45, 7) is 2.06. The lowest BCUT2D eigenvalue weighted by Gasteiger charge is -2.11. The SMILES string of the molecule is Cc1ccccc1Nc1cc(NN)nc(C2CC2)n1. The van der Waals surface area contributed by atoms with Gasteiger partial charge in [0.1, 0.15) is 17.5 Å². The molecular weight excluding hydrogens is 238 g/mol. The van der Waals surface area contributed by atoms with E-state index in [4.69, 9.17) is 5.84 Å². The number of nitrogens with two attached hydrogens (primary N) is 1. The Hall–Kier alpha value is -2.14. The highest BCUT2D eigenvalue weighted by Crippen LogP contribution is 2.39. The predicted octanol–water partition coefficient (Wildman–Crippen LogP) is 2.69. The van der Waals surface area contributed by atoms with E-state index >= 15 is 0 Å². The first-order chi connectivity index (χ1) is 9.26. The van der Waals surface area contributed by atoms with Gasteiger partial charge in [0.05, 0.1) is 0 Å². The zero-order chi connectivity index (χ0) is 13.2. The largest absolute Gasteiger partial charge is 0.340 e. The van der Waals surface area contributed by atoms with E-state index in [0.29, 0.717) is 11.7 Å². The topological polar surface area (TPSA) is 75.9 Å². The Balaban J connectivity index is 1.91. The van der Waals surface area contributed by atoms with Crippen LogP contribution < -0.4 is 16.6 Å². The van der Waals surface area contributed by atoms with Crippen molar-refractivity contribution in [3.63, 3.8) is 0 Å². The number of nitrogens with zero attached hydrogens (tertiary/aromatic N) is 2. The van der Waals surface area contributed by atoms with Crippen LogP contribution in [0.2, 0.25) is 0 Å². The number of aromatic nitrogens is 2. The van der Waals surface area contributed by atoms with Crippen LogP contribution in [0.25, 0.3) is 0 Å². The molecule has 0 bridgehead atoms. The predicted molar refractivity (Wildman–Crippen MR) is 76.3 cm³/mol. The van der Waals surface area contributed by atoms with Gasteiger partial charge in [0.15, 0.2) is 0 Å². The monoisotopic (exact) mass is 255 g/mol. The van der Waals surface area contributed by atoms with E-state index < -0.39 is 0 Å².